The van der Waals surface area contributed by atoms with E-state index in [0.29, 0.717) is 11.7 Å². The van der Waals surface area contributed by atoms with Gasteiger partial charge >= 0.3 is 0 Å². The van der Waals surface area contributed by atoms with Crippen LogP contribution in [-0.4, -0.2) is 16.6 Å². The van der Waals surface area contributed by atoms with Crippen molar-refractivity contribution in [3.8, 4) is 0 Å². The van der Waals surface area contributed by atoms with E-state index in [2.05, 4.69) is 4.98 Å². The highest BCUT2D eigenvalue weighted by molar-refractivity contribution is 7.80. The van der Waals surface area contributed by atoms with Gasteiger partial charge in [0.2, 0.25) is 0 Å². The van der Waals surface area contributed by atoms with Crippen LogP contribution in [0, 0.1) is 0 Å². The molecule has 0 aliphatic carbocycles. The third-order valence-corrected chi connectivity index (χ3v) is 2.42. The molecular weight excluding hydrogens is 194 g/mol. The lowest BCUT2D eigenvalue weighted by Gasteiger charge is -2.02. The van der Waals surface area contributed by atoms with E-state index in [1.165, 1.54) is 0 Å². The van der Waals surface area contributed by atoms with Gasteiger partial charge < -0.3 is 9.72 Å². The number of ether oxygens (including phenoxy) is 1. The van der Waals surface area contributed by atoms with Gasteiger partial charge in [-0.2, -0.15) is 0 Å². The molecule has 0 spiro atoms. The van der Waals surface area contributed by atoms with Gasteiger partial charge in [0.05, 0.1) is 12.2 Å². The molecule has 0 amide bonds. The second kappa shape index (κ2) is 3.80. The lowest BCUT2D eigenvalue weighted by atomic mass is 10.2. The van der Waals surface area contributed by atoms with Crippen LogP contribution in [0.5, 0.6) is 0 Å². The van der Waals surface area contributed by atoms with E-state index >= 15 is 0 Å². The van der Waals surface area contributed by atoms with Crippen LogP contribution in [-0.2, 0) is 4.74 Å². The third-order valence-electron chi connectivity index (χ3n) is 2.08. The first-order valence-corrected chi connectivity index (χ1v) is 4.97. The Morgan fingerprint density at radius 1 is 1.43 bits per heavy atom. The molecule has 0 fully saturated rings. The fraction of sp³-hybridized carbons (Fsp3) is 0.182. The summed E-state index contributed by atoms with van der Waals surface area (Å²) < 4.78 is 5.31. The topological polar surface area (TPSA) is 25.0 Å². The Morgan fingerprint density at radius 3 is 3.00 bits per heavy atom. The molecule has 0 saturated carbocycles. The van der Waals surface area contributed by atoms with Crippen LogP contribution in [0.1, 0.15) is 12.5 Å². The van der Waals surface area contributed by atoms with Crippen LogP contribution in [0.25, 0.3) is 10.9 Å². The Bertz CT molecular complexity index is 461. The average Bonchev–Trinajstić information content (AvgIpc) is 2.61. The summed E-state index contributed by atoms with van der Waals surface area (Å²) in [4.78, 5) is 3.16. The first-order valence-electron chi connectivity index (χ1n) is 4.56. The number of thiocarbonyl (C=S) groups is 1. The predicted molar refractivity (Wildman–Crippen MR) is 61.6 cm³/mol. The Kier molecular flexibility index (Phi) is 2.50. The number of hydrogen-bond donors (Lipinski definition) is 1. The van der Waals surface area contributed by atoms with Crippen molar-refractivity contribution in [2.45, 2.75) is 6.92 Å². The summed E-state index contributed by atoms with van der Waals surface area (Å²) in [5.74, 6) is 0. The van der Waals surface area contributed by atoms with Crippen molar-refractivity contribution in [2.75, 3.05) is 6.61 Å². The summed E-state index contributed by atoms with van der Waals surface area (Å²) >= 11 is 5.16. The maximum absolute atomic E-state index is 5.31. The number of hydrogen-bond acceptors (Lipinski definition) is 2. The minimum absolute atomic E-state index is 0.560. The van der Waals surface area contributed by atoms with Crippen LogP contribution in [0.3, 0.4) is 0 Å². The fourth-order valence-electron chi connectivity index (χ4n) is 1.45. The Hall–Kier alpha value is -1.35. The van der Waals surface area contributed by atoms with E-state index < -0.39 is 0 Å². The molecule has 1 aromatic carbocycles. The van der Waals surface area contributed by atoms with Crippen molar-refractivity contribution in [2.24, 2.45) is 0 Å². The van der Waals surface area contributed by atoms with Gasteiger partial charge in [-0.15, -0.1) is 0 Å². The Labute approximate surface area is 87.9 Å². The summed E-state index contributed by atoms with van der Waals surface area (Å²) in [5.41, 5.74) is 2.06. The molecule has 1 N–H and O–H groups in total. The van der Waals surface area contributed by atoms with Crippen LogP contribution in [0.4, 0.5) is 0 Å². The third kappa shape index (κ3) is 1.51. The summed E-state index contributed by atoms with van der Waals surface area (Å²) in [6.45, 7) is 2.54. The molecule has 3 heteroatoms. The molecule has 0 aliphatic heterocycles. The number of benzene rings is 1. The zero-order chi connectivity index (χ0) is 9.97. The molecule has 0 radical (unpaired) electrons. The van der Waals surface area contributed by atoms with Crippen molar-refractivity contribution >= 4 is 28.2 Å². The van der Waals surface area contributed by atoms with E-state index in [0.717, 1.165) is 16.5 Å². The quantitative estimate of drug-likeness (QED) is 0.762. The van der Waals surface area contributed by atoms with Gasteiger partial charge in [-0.1, -0.05) is 18.2 Å². The van der Waals surface area contributed by atoms with Crippen molar-refractivity contribution in [3.05, 3.63) is 36.0 Å². The molecule has 1 heterocycles. The fourth-order valence-corrected chi connectivity index (χ4v) is 1.74. The van der Waals surface area contributed by atoms with E-state index in [4.69, 9.17) is 17.0 Å². The van der Waals surface area contributed by atoms with Gasteiger partial charge in [-0.3, -0.25) is 0 Å². The van der Waals surface area contributed by atoms with Crippen molar-refractivity contribution in [3.63, 3.8) is 0 Å². The monoisotopic (exact) mass is 205 g/mol. The van der Waals surface area contributed by atoms with E-state index in [1.807, 2.05) is 37.4 Å². The molecule has 2 aromatic rings. The molecule has 72 valence electrons. The number of rotatable bonds is 2. The van der Waals surface area contributed by atoms with Gasteiger partial charge in [-0.05, 0) is 25.2 Å². The number of para-hydroxylation sites is 1. The number of aromatic amines is 1. The van der Waals surface area contributed by atoms with Crippen LogP contribution in [0.2, 0.25) is 0 Å². The van der Waals surface area contributed by atoms with Gasteiger partial charge in [0.1, 0.15) is 0 Å². The number of fused-ring (bicyclic) bond motifs is 1. The zero-order valence-electron chi connectivity index (χ0n) is 7.91. The maximum Gasteiger partial charge on any atom is 0.193 e. The Morgan fingerprint density at radius 2 is 2.21 bits per heavy atom. The number of nitrogens with one attached hydrogen (secondary N) is 1. The molecule has 2 rings (SSSR count). The van der Waals surface area contributed by atoms with Gasteiger partial charge in [-0.25, -0.2) is 0 Å². The molecule has 0 atom stereocenters. The van der Waals surface area contributed by atoms with E-state index in [9.17, 15) is 0 Å². The molecule has 0 aliphatic rings. The first-order chi connectivity index (χ1) is 6.83. The second-order valence-electron chi connectivity index (χ2n) is 2.97. The van der Waals surface area contributed by atoms with Gasteiger partial charge in [0.15, 0.2) is 5.05 Å². The maximum atomic E-state index is 5.31. The Balaban J connectivity index is 2.47. The minimum Gasteiger partial charge on any atom is -0.483 e. The van der Waals surface area contributed by atoms with E-state index in [1.54, 1.807) is 0 Å². The lowest BCUT2D eigenvalue weighted by molar-refractivity contribution is 0.338. The predicted octanol–water partition coefficient (Wildman–Crippen LogP) is 2.88. The number of H-pyrrole nitrogens is 1. The van der Waals surface area contributed by atoms with Crippen molar-refractivity contribution in [1.29, 1.82) is 0 Å². The van der Waals surface area contributed by atoms with Crippen LogP contribution >= 0.6 is 12.2 Å². The van der Waals surface area contributed by atoms with Crippen LogP contribution < -0.4 is 0 Å². The summed E-state index contributed by atoms with van der Waals surface area (Å²) in [5, 5.41) is 1.68. The standard InChI is InChI=1S/C11H11NOS/c1-2-13-11(14)9-7-12-10-6-4-3-5-8(9)10/h3-7,12H,2H2,1H3. The minimum atomic E-state index is 0.560. The second-order valence-corrected chi connectivity index (χ2v) is 3.34. The van der Waals surface area contributed by atoms with Gasteiger partial charge in [0, 0.05) is 17.1 Å². The molecule has 0 saturated heterocycles. The van der Waals surface area contributed by atoms with Crippen molar-refractivity contribution in [1.82, 2.24) is 4.98 Å². The van der Waals surface area contributed by atoms with Crippen molar-refractivity contribution < 1.29 is 4.74 Å². The lowest BCUT2D eigenvalue weighted by Crippen LogP contribution is -2.01. The first kappa shape index (κ1) is 9.21. The molecule has 1 aromatic heterocycles. The van der Waals surface area contributed by atoms with Crippen LogP contribution in [0.15, 0.2) is 30.5 Å². The highest BCUT2D eigenvalue weighted by Gasteiger charge is 2.07. The molecule has 0 unspecified atom stereocenters. The zero-order valence-corrected chi connectivity index (χ0v) is 8.73. The average molecular weight is 205 g/mol. The highest BCUT2D eigenvalue weighted by atomic mass is 32.1. The smallest absolute Gasteiger partial charge is 0.193 e. The molecular formula is C11H11NOS. The van der Waals surface area contributed by atoms with E-state index in [-0.39, 0.29) is 0 Å². The summed E-state index contributed by atoms with van der Waals surface area (Å²) in [6, 6.07) is 8.04. The largest absolute Gasteiger partial charge is 0.483 e. The normalized spacial score (nSPS) is 10.4. The number of aromatic nitrogens is 1. The summed E-state index contributed by atoms with van der Waals surface area (Å²) in [7, 11) is 0. The molecule has 14 heavy (non-hydrogen) atoms. The van der Waals surface area contributed by atoms with Gasteiger partial charge in [0.25, 0.3) is 0 Å². The summed E-state index contributed by atoms with van der Waals surface area (Å²) in [6.07, 6.45) is 1.89. The molecule has 2 nitrogen and oxygen atoms in total. The SMILES string of the molecule is CCOC(=S)c1c[nH]c2ccccc12. The molecule has 0 bridgehead atoms. The highest BCUT2D eigenvalue weighted by Crippen LogP contribution is 2.18.